The lowest BCUT2D eigenvalue weighted by Gasteiger charge is -2.13. The molecule has 4 heteroatoms. The van der Waals surface area contributed by atoms with Gasteiger partial charge < -0.3 is 14.2 Å². The van der Waals surface area contributed by atoms with Crippen molar-refractivity contribution in [3.63, 3.8) is 0 Å². The van der Waals surface area contributed by atoms with E-state index in [1.165, 1.54) is 0 Å². The van der Waals surface area contributed by atoms with E-state index >= 15 is 0 Å². The van der Waals surface area contributed by atoms with Crippen LogP contribution in [-0.4, -0.2) is 31.9 Å². The molecular weight excluding hydrogens is 340 g/mol. The number of carbonyl (C=O) groups excluding carboxylic acids is 1. The lowest BCUT2D eigenvalue weighted by atomic mass is 10.0. The second-order valence-corrected chi connectivity index (χ2v) is 6.59. The third kappa shape index (κ3) is 7.06. The van der Waals surface area contributed by atoms with Crippen molar-refractivity contribution in [3.8, 4) is 16.9 Å². The molecule has 2 rings (SSSR count). The molecule has 0 aromatic heterocycles. The van der Waals surface area contributed by atoms with Gasteiger partial charge in [0.05, 0.1) is 18.8 Å². The quantitative estimate of drug-likeness (QED) is 0.387. The Kier molecular flexibility index (Phi) is 8.85. The Labute approximate surface area is 162 Å². The van der Waals surface area contributed by atoms with Gasteiger partial charge in [-0.1, -0.05) is 44.5 Å². The van der Waals surface area contributed by atoms with Crippen molar-refractivity contribution in [3.05, 3.63) is 54.1 Å². The van der Waals surface area contributed by atoms with Gasteiger partial charge in [-0.05, 0) is 55.2 Å². The van der Waals surface area contributed by atoms with Crippen LogP contribution in [0.3, 0.4) is 0 Å². The molecule has 0 saturated heterocycles. The SMILES string of the molecule is CCCCOc1ccc(-c2ccc(C(=O)OC(C)COCCC)cc2)cc1. The maximum absolute atomic E-state index is 12.2. The van der Waals surface area contributed by atoms with Gasteiger partial charge in [0.15, 0.2) is 0 Å². The fourth-order valence-corrected chi connectivity index (χ4v) is 2.56. The van der Waals surface area contributed by atoms with Crippen LogP contribution in [0.4, 0.5) is 0 Å². The molecule has 0 heterocycles. The molecule has 27 heavy (non-hydrogen) atoms. The fourth-order valence-electron chi connectivity index (χ4n) is 2.56. The molecule has 0 amide bonds. The smallest absolute Gasteiger partial charge is 0.338 e. The van der Waals surface area contributed by atoms with Crippen LogP contribution >= 0.6 is 0 Å². The second kappa shape index (κ2) is 11.4. The molecular formula is C23H30O4. The number of hydrogen-bond acceptors (Lipinski definition) is 4. The van der Waals surface area contributed by atoms with Crippen LogP contribution in [0, 0.1) is 0 Å². The summed E-state index contributed by atoms with van der Waals surface area (Å²) in [5.41, 5.74) is 2.67. The molecule has 0 fully saturated rings. The monoisotopic (exact) mass is 370 g/mol. The first-order chi connectivity index (χ1) is 13.1. The zero-order valence-electron chi connectivity index (χ0n) is 16.6. The lowest BCUT2D eigenvalue weighted by molar-refractivity contribution is 0.00226. The molecule has 1 unspecified atom stereocenters. The minimum atomic E-state index is -0.325. The van der Waals surface area contributed by atoms with Crippen LogP contribution < -0.4 is 4.74 Å². The third-order valence-corrected chi connectivity index (χ3v) is 4.08. The van der Waals surface area contributed by atoms with Gasteiger partial charge in [0.2, 0.25) is 0 Å². The number of esters is 1. The van der Waals surface area contributed by atoms with Gasteiger partial charge in [-0.15, -0.1) is 0 Å². The lowest BCUT2D eigenvalue weighted by Crippen LogP contribution is -2.20. The number of hydrogen-bond donors (Lipinski definition) is 0. The highest BCUT2D eigenvalue weighted by Gasteiger charge is 2.12. The summed E-state index contributed by atoms with van der Waals surface area (Å²) in [5.74, 6) is 0.556. The first-order valence-electron chi connectivity index (χ1n) is 9.76. The molecule has 2 aromatic rings. The Morgan fingerprint density at radius 3 is 2.11 bits per heavy atom. The van der Waals surface area contributed by atoms with Gasteiger partial charge in [-0.25, -0.2) is 4.79 Å². The topological polar surface area (TPSA) is 44.8 Å². The molecule has 0 aliphatic carbocycles. The van der Waals surface area contributed by atoms with Crippen LogP contribution in [0.5, 0.6) is 5.75 Å². The molecule has 0 saturated carbocycles. The molecule has 146 valence electrons. The minimum Gasteiger partial charge on any atom is -0.494 e. The van der Waals surface area contributed by atoms with E-state index in [1.807, 2.05) is 50.2 Å². The van der Waals surface area contributed by atoms with E-state index in [-0.39, 0.29) is 12.1 Å². The average molecular weight is 370 g/mol. The van der Waals surface area contributed by atoms with Gasteiger partial charge in [0.1, 0.15) is 11.9 Å². The third-order valence-electron chi connectivity index (χ3n) is 4.08. The van der Waals surface area contributed by atoms with Crippen molar-refractivity contribution >= 4 is 5.97 Å². The van der Waals surface area contributed by atoms with Crippen LogP contribution in [-0.2, 0) is 9.47 Å². The molecule has 2 aromatic carbocycles. The van der Waals surface area contributed by atoms with Crippen LogP contribution in [0.2, 0.25) is 0 Å². The van der Waals surface area contributed by atoms with Gasteiger partial charge in [0, 0.05) is 6.61 Å². The van der Waals surface area contributed by atoms with Crippen molar-refractivity contribution in [1.29, 1.82) is 0 Å². The Hall–Kier alpha value is -2.33. The van der Waals surface area contributed by atoms with E-state index in [0.29, 0.717) is 18.8 Å². The van der Waals surface area contributed by atoms with Gasteiger partial charge in [0.25, 0.3) is 0 Å². The van der Waals surface area contributed by atoms with E-state index < -0.39 is 0 Å². The van der Waals surface area contributed by atoms with Gasteiger partial charge in [-0.3, -0.25) is 0 Å². The van der Waals surface area contributed by atoms with Crippen LogP contribution in [0.15, 0.2) is 48.5 Å². The van der Waals surface area contributed by atoms with E-state index in [9.17, 15) is 4.79 Å². The predicted molar refractivity (Wildman–Crippen MR) is 108 cm³/mol. The summed E-state index contributed by atoms with van der Waals surface area (Å²) in [6, 6.07) is 15.5. The molecule has 0 aliphatic rings. The normalized spacial score (nSPS) is 11.8. The fraction of sp³-hybridized carbons (Fsp3) is 0.435. The highest BCUT2D eigenvalue weighted by atomic mass is 16.6. The Balaban J connectivity index is 1.91. The summed E-state index contributed by atoms with van der Waals surface area (Å²) >= 11 is 0. The summed E-state index contributed by atoms with van der Waals surface area (Å²) in [7, 11) is 0. The van der Waals surface area contributed by atoms with Gasteiger partial charge >= 0.3 is 5.97 Å². The van der Waals surface area contributed by atoms with Crippen molar-refractivity contribution in [2.75, 3.05) is 19.8 Å². The predicted octanol–water partition coefficient (Wildman–Crippen LogP) is 5.50. The standard InChI is InChI=1S/C23H30O4/c1-4-6-16-26-22-13-11-20(12-14-22)19-7-9-21(10-8-19)23(24)27-18(3)17-25-15-5-2/h7-14,18H,4-6,15-17H2,1-3H3. The van der Waals surface area contributed by atoms with Crippen molar-refractivity contribution in [1.82, 2.24) is 0 Å². The highest BCUT2D eigenvalue weighted by Crippen LogP contribution is 2.23. The number of benzene rings is 2. The van der Waals surface area contributed by atoms with E-state index in [0.717, 1.165) is 42.7 Å². The summed E-state index contributed by atoms with van der Waals surface area (Å²) in [4.78, 5) is 12.2. The van der Waals surface area contributed by atoms with E-state index in [4.69, 9.17) is 14.2 Å². The van der Waals surface area contributed by atoms with E-state index in [2.05, 4.69) is 6.92 Å². The number of carbonyl (C=O) groups is 1. The number of ether oxygens (including phenoxy) is 3. The number of rotatable bonds is 11. The van der Waals surface area contributed by atoms with Crippen LogP contribution in [0.1, 0.15) is 50.4 Å². The Bertz CT molecular complexity index is 677. The molecule has 4 nitrogen and oxygen atoms in total. The van der Waals surface area contributed by atoms with Crippen LogP contribution in [0.25, 0.3) is 11.1 Å². The highest BCUT2D eigenvalue weighted by molar-refractivity contribution is 5.90. The first kappa shape index (κ1) is 21.0. The van der Waals surface area contributed by atoms with Gasteiger partial charge in [-0.2, -0.15) is 0 Å². The van der Waals surface area contributed by atoms with Crippen molar-refractivity contribution in [2.24, 2.45) is 0 Å². The molecule has 0 N–H and O–H groups in total. The largest absolute Gasteiger partial charge is 0.494 e. The van der Waals surface area contributed by atoms with Crippen molar-refractivity contribution < 1.29 is 19.0 Å². The average Bonchev–Trinajstić information content (AvgIpc) is 2.69. The minimum absolute atomic E-state index is 0.260. The summed E-state index contributed by atoms with van der Waals surface area (Å²) in [5, 5.41) is 0. The van der Waals surface area contributed by atoms with Crippen molar-refractivity contribution in [2.45, 2.75) is 46.1 Å². The Morgan fingerprint density at radius 1 is 0.889 bits per heavy atom. The zero-order valence-corrected chi connectivity index (χ0v) is 16.6. The second-order valence-electron chi connectivity index (χ2n) is 6.59. The van der Waals surface area contributed by atoms with E-state index in [1.54, 1.807) is 12.1 Å². The molecule has 0 bridgehead atoms. The number of unbranched alkanes of at least 4 members (excludes halogenated alkanes) is 1. The molecule has 0 aliphatic heterocycles. The summed E-state index contributed by atoms with van der Waals surface area (Å²) in [6.45, 7) is 7.88. The molecule has 0 radical (unpaired) electrons. The summed E-state index contributed by atoms with van der Waals surface area (Å²) < 4.78 is 16.5. The molecule has 1 atom stereocenters. The molecule has 0 spiro atoms. The summed E-state index contributed by atoms with van der Waals surface area (Å²) in [6.07, 6.45) is 2.87. The first-order valence-corrected chi connectivity index (χ1v) is 9.76. The maximum Gasteiger partial charge on any atom is 0.338 e. The maximum atomic E-state index is 12.2. The Morgan fingerprint density at radius 2 is 1.52 bits per heavy atom. The zero-order chi connectivity index (χ0) is 19.5.